The molecule has 74 valence electrons. The van der Waals surface area contributed by atoms with Crippen LogP contribution in [0, 0.1) is 5.41 Å². The van der Waals surface area contributed by atoms with Crippen LogP contribution in [0.25, 0.3) is 10.8 Å². The van der Waals surface area contributed by atoms with Crippen molar-refractivity contribution in [2.45, 2.75) is 13.0 Å². The Bertz CT molecular complexity index is 559. The molecule has 2 aromatic carbocycles. The van der Waals surface area contributed by atoms with Crippen LogP contribution in [0.4, 0.5) is 0 Å². The van der Waals surface area contributed by atoms with Gasteiger partial charge in [-0.1, -0.05) is 30.3 Å². The highest BCUT2D eigenvalue weighted by atomic mass is 16.5. The molecule has 0 saturated heterocycles. The number of hydrogen-bond acceptors (Lipinski definition) is 2. The summed E-state index contributed by atoms with van der Waals surface area (Å²) in [4.78, 5) is 0. The van der Waals surface area contributed by atoms with E-state index < -0.39 is 0 Å². The molecule has 1 N–H and O–H groups in total. The van der Waals surface area contributed by atoms with E-state index in [0.717, 1.165) is 16.7 Å². The van der Waals surface area contributed by atoms with Crippen LogP contribution in [-0.4, -0.2) is 11.8 Å². The normalized spacial score (nSPS) is 19.0. The summed E-state index contributed by atoms with van der Waals surface area (Å²) in [7, 11) is 0. The fraction of sp³-hybridized carbons (Fsp3) is 0.154. The van der Waals surface area contributed by atoms with E-state index in [9.17, 15) is 0 Å². The first-order valence-corrected chi connectivity index (χ1v) is 5.04. The highest BCUT2D eigenvalue weighted by Crippen LogP contribution is 2.34. The van der Waals surface area contributed by atoms with Gasteiger partial charge in [0.2, 0.25) is 0 Å². The van der Waals surface area contributed by atoms with Crippen molar-refractivity contribution in [2.75, 3.05) is 0 Å². The Morgan fingerprint density at radius 3 is 2.80 bits per heavy atom. The van der Waals surface area contributed by atoms with Gasteiger partial charge >= 0.3 is 0 Å². The molecule has 0 radical (unpaired) electrons. The predicted molar refractivity (Wildman–Crippen MR) is 60.9 cm³/mol. The standard InChI is InChI=1S/C13H11NO/c1-8-13(14)12-10-5-3-2-4-9(10)6-7-11(12)15-8/h2-8,14H,1H3. The lowest BCUT2D eigenvalue weighted by Gasteiger charge is -2.02. The summed E-state index contributed by atoms with van der Waals surface area (Å²) < 4.78 is 5.60. The Hall–Kier alpha value is -1.83. The van der Waals surface area contributed by atoms with Crippen LogP contribution in [0.3, 0.4) is 0 Å². The lowest BCUT2D eigenvalue weighted by atomic mass is 10.00. The van der Waals surface area contributed by atoms with Crippen LogP contribution in [0.1, 0.15) is 12.5 Å². The van der Waals surface area contributed by atoms with E-state index in [2.05, 4.69) is 6.07 Å². The molecule has 2 aromatic rings. The van der Waals surface area contributed by atoms with E-state index in [-0.39, 0.29) is 6.10 Å². The van der Waals surface area contributed by atoms with Gasteiger partial charge in [0.15, 0.2) is 0 Å². The van der Waals surface area contributed by atoms with Crippen molar-refractivity contribution in [1.29, 1.82) is 5.41 Å². The highest BCUT2D eigenvalue weighted by molar-refractivity contribution is 6.15. The Labute approximate surface area is 88.0 Å². The molecule has 0 fully saturated rings. The Kier molecular flexibility index (Phi) is 1.60. The Morgan fingerprint density at radius 2 is 1.93 bits per heavy atom. The third kappa shape index (κ3) is 1.08. The molecule has 0 bridgehead atoms. The van der Waals surface area contributed by atoms with Gasteiger partial charge in [0.1, 0.15) is 11.9 Å². The van der Waals surface area contributed by atoms with Crippen molar-refractivity contribution < 1.29 is 4.74 Å². The second-order valence-corrected chi connectivity index (χ2v) is 3.83. The summed E-state index contributed by atoms with van der Waals surface area (Å²) in [5.74, 6) is 0.839. The van der Waals surface area contributed by atoms with Gasteiger partial charge in [0, 0.05) is 5.56 Å². The molecule has 1 unspecified atom stereocenters. The third-order valence-electron chi connectivity index (χ3n) is 2.87. The maximum absolute atomic E-state index is 7.99. The van der Waals surface area contributed by atoms with Gasteiger partial charge in [-0.3, -0.25) is 0 Å². The van der Waals surface area contributed by atoms with Gasteiger partial charge in [0.05, 0.1) is 5.71 Å². The SMILES string of the molecule is CC1Oc2ccc3ccccc3c2C1=N. The van der Waals surface area contributed by atoms with E-state index in [1.54, 1.807) is 0 Å². The summed E-state index contributed by atoms with van der Waals surface area (Å²) in [6.45, 7) is 1.91. The molecule has 0 saturated carbocycles. The Morgan fingerprint density at radius 1 is 1.13 bits per heavy atom. The molecule has 1 aliphatic heterocycles. The summed E-state index contributed by atoms with van der Waals surface area (Å²) in [5.41, 5.74) is 1.54. The van der Waals surface area contributed by atoms with Crippen LogP contribution in [0.2, 0.25) is 0 Å². The first-order chi connectivity index (χ1) is 7.27. The van der Waals surface area contributed by atoms with E-state index in [1.807, 2.05) is 37.3 Å². The second-order valence-electron chi connectivity index (χ2n) is 3.83. The van der Waals surface area contributed by atoms with Crippen molar-refractivity contribution in [3.63, 3.8) is 0 Å². The number of benzene rings is 2. The van der Waals surface area contributed by atoms with Gasteiger partial charge in [-0.15, -0.1) is 0 Å². The number of ether oxygens (including phenoxy) is 1. The highest BCUT2D eigenvalue weighted by Gasteiger charge is 2.26. The molecule has 0 aromatic heterocycles. The molecule has 1 aliphatic rings. The molecule has 2 nitrogen and oxygen atoms in total. The first-order valence-electron chi connectivity index (χ1n) is 5.04. The van der Waals surface area contributed by atoms with E-state index in [1.165, 1.54) is 5.39 Å². The molecule has 1 heterocycles. The molecule has 0 amide bonds. The van der Waals surface area contributed by atoms with Crippen molar-refractivity contribution in [3.8, 4) is 5.75 Å². The van der Waals surface area contributed by atoms with Crippen LogP contribution in [0.15, 0.2) is 36.4 Å². The predicted octanol–water partition coefficient (Wildman–Crippen LogP) is 2.99. The fourth-order valence-electron chi connectivity index (χ4n) is 2.08. The maximum atomic E-state index is 7.99. The lowest BCUT2D eigenvalue weighted by Crippen LogP contribution is -2.14. The van der Waals surface area contributed by atoms with Crippen LogP contribution >= 0.6 is 0 Å². The maximum Gasteiger partial charge on any atom is 0.138 e. The summed E-state index contributed by atoms with van der Waals surface area (Å²) >= 11 is 0. The van der Waals surface area contributed by atoms with Crippen molar-refractivity contribution >= 4 is 16.5 Å². The quantitative estimate of drug-likeness (QED) is 0.692. The third-order valence-corrected chi connectivity index (χ3v) is 2.87. The minimum Gasteiger partial charge on any atom is -0.484 e. The molecule has 0 aliphatic carbocycles. The molecule has 0 spiro atoms. The largest absolute Gasteiger partial charge is 0.484 e. The molecule has 15 heavy (non-hydrogen) atoms. The van der Waals surface area contributed by atoms with Crippen molar-refractivity contribution in [3.05, 3.63) is 42.0 Å². The first kappa shape index (κ1) is 8.48. The zero-order valence-electron chi connectivity index (χ0n) is 8.45. The monoisotopic (exact) mass is 197 g/mol. The van der Waals surface area contributed by atoms with Crippen molar-refractivity contribution in [2.24, 2.45) is 0 Å². The topological polar surface area (TPSA) is 33.1 Å². The van der Waals surface area contributed by atoms with E-state index >= 15 is 0 Å². The van der Waals surface area contributed by atoms with Crippen molar-refractivity contribution in [1.82, 2.24) is 0 Å². The van der Waals surface area contributed by atoms with Crippen LogP contribution < -0.4 is 4.74 Å². The number of rotatable bonds is 0. The minimum atomic E-state index is -0.120. The van der Waals surface area contributed by atoms with E-state index in [4.69, 9.17) is 10.1 Å². The zero-order valence-corrected chi connectivity index (χ0v) is 8.45. The molecule has 3 rings (SSSR count). The lowest BCUT2D eigenvalue weighted by molar-refractivity contribution is 0.303. The van der Waals surface area contributed by atoms with E-state index in [0.29, 0.717) is 5.71 Å². The van der Waals surface area contributed by atoms with Gasteiger partial charge in [-0.25, -0.2) is 0 Å². The number of nitrogens with one attached hydrogen (secondary N) is 1. The molecule has 2 heteroatoms. The minimum absolute atomic E-state index is 0.120. The average Bonchev–Trinajstić information content (AvgIpc) is 2.55. The second kappa shape index (κ2) is 2.83. The Balaban J connectivity index is 2.41. The average molecular weight is 197 g/mol. The van der Waals surface area contributed by atoms with Gasteiger partial charge in [-0.2, -0.15) is 0 Å². The van der Waals surface area contributed by atoms with Gasteiger partial charge in [-0.05, 0) is 23.8 Å². The molecular weight excluding hydrogens is 186 g/mol. The number of hydrogen-bond donors (Lipinski definition) is 1. The smallest absolute Gasteiger partial charge is 0.138 e. The summed E-state index contributed by atoms with van der Waals surface area (Å²) in [6.07, 6.45) is -0.120. The molecular formula is C13H11NO. The van der Waals surface area contributed by atoms with Crippen LogP contribution in [-0.2, 0) is 0 Å². The van der Waals surface area contributed by atoms with Crippen LogP contribution in [0.5, 0.6) is 5.75 Å². The fourth-order valence-corrected chi connectivity index (χ4v) is 2.08. The summed E-state index contributed by atoms with van der Waals surface area (Å²) in [5, 5.41) is 10.3. The summed E-state index contributed by atoms with van der Waals surface area (Å²) in [6, 6.07) is 12.1. The molecule has 1 atom stereocenters. The van der Waals surface area contributed by atoms with Gasteiger partial charge in [0.25, 0.3) is 0 Å². The number of fused-ring (bicyclic) bond motifs is 3. The zero-order chi connectivity index (χ0) is 10.4. The van der Waals surface area contributed by atoms with Gasteiger partial charge < -0.3 is 10.1 Å².